The van der Waals surface area contributed by atoms with Gasteiger partial charge < -0.3 is 9.11 Å². The standard InChI is InChI=1S/2C25H48N2.H2O4S/c2*1-4-7-8-9-10-11-12-13-14-15-16-17-18-19-20-21-22-24-23-26-25(5-2)27(24)6-3;1-5(2,3)4/h2*13-14,24H,4-12,15-23H2,1-3H3;(H2,1,2,3,4)/b2*14-13-;. The number of nitrogens with zero attached hydrogens (tertiary/aromatic N) is 2. The molecule has 2 heterocycles. The van der Waals surface area contributed by atoms with Crippen LogP contribution >= 0.6 is 0 Å². The van der Waals surface area contributed by atoms with E-state index < -0.39 is 10.4 Å². The quantitative estimate of drug-likeness (QED) is 0.0214. The Bertz CT molecular complexity index is 1100. The van der Waals surface area contributed by atoms with Crippen LogP contribution in [0.1, 0.15) is 247 Å². The molecule has 0 aromatic heterocycles. The SMILES string of the molecule is CCCCCCCC/C=C\CCCCCCCCC1CNC(CC)=[N+]1CC.CCCCCCCC/C=C\CCCCCCCCC1CNC(CC)=[N+]1CC.O=S(=O)([O-])[O-]. The van der Waals surface area contributed by atoms with Crippen molar-refractivity contribution in [3.8, 4) is 0 Å². The first-order valence-electron chi connectivity index (χ1n) is 25.4. The van der Waals surface area contributed by atoms with E-state index in [9.17, 15) is 0 Å². The molecule has 0 saturated carbocycles. The molecule has 2 atom stereocenters. The fourth-order valence-electron chi connectivity index (χ4n) is 8.66. The van der Waals surface area contributed by atoms with Gasteiger partial charge in [0.2, 0.25) is 11.7 Å². The maximum absolute atomic E-state index is 8.52. The topological polar surface area (TPSA) is 110 Å². The van der Waals surface area contributed by atoms with Crippen molar-refractivity contribution in [2.75, 3.05) is 26.2 Å². The zero-order chi connectivity index (χ0) is 43.7. The van der Waals surface area contributed by atoms with Crippen LogP contribution in [-0.4, -0.2) is 76.6 Å². The monoisotopic (exact) mass is 851 g/mol. The molecule has 0 amide bonds. The molecule has 59 heavy (non-hydrogen) atoms. The highest BCUT2D eigenvalue weighted by Crippen LogP contribution is 2.16. The Hall–Kier alpha value is -1.71. The molecular formula is C50H98N4O4S. The number of allylic oxidation sites excluding steroid dienone is 4. The third-order valence-corrected chi connectivity index (χ3v) is 12.1. The predicted octanol–water partition coefficient (Wildman–Crippen LogP) is 13.1. The van der Waals surface area contributed by atoms with Crippen LogP contribution < -0.4 is 10.6 Å². The van der Waals surface area contributed by atoms with E-state index in [-0.39, 0.29) is 0 Å². The van der Waals surface area contributed by atoms with Gasteiger partial charge in [-0.3, -0.25) is 28.2 Å². The molecule has 0 fully saturated rings. The molecule has 2 aliphatic heterocycles. The second kappa shape index (κ2) is 41.6. The van der Waals surface area contributed by atoms with Gasteiger partial charge in [-0.05, 0) is 90.9 Å². The van der Waals surface area contributed by atoms with Gasteiger partial charge in [-0.15, -0.1) is 0 Å². The lowest BCUT2D eigenvalue weighted by atomic mass is 10.0. The van der Waals surface area contributed by atoms with Crippen LogP contribution in [0, 0.1) is 0 Å². The number of hydrogen-bond acceptors (Lipinski definition) is 6. The number of hydrogen-bond donors (Lipinski definition) is 2. The van der Waals surface area contributed by atoms with Crippen molar-refractivity contribution in [2.24, 2.45) is 0 Å². The van der Waals surface area contributed by atoms with Crippen molar-refractivity contribution in [1.29, 1.82) is 0 Å². The summed E-state index contributed by atoms with van der Waals surface area (Å²) in [4.78, 5) is 0. The van der Waals surface area contributed by atoms with Gasteiger partial charge in [0.25, 0.3) is 0 Å². The maximum atomic E-state index is 8.52. The largest absolute Gasteiger partial charge is 0.759 e. The molecule has 0 saturated heterocycles. The van der Waals surface area contributed by atoms with Crippen LogP contribution in [0.25, 0.3) is 0 Å². The molecule has 2 N–H and O–H groups in total. The van der Waals surface area contributed by atoms with Crippen molar-refractivity contribution in [3.05, 3.63) is 24.3 Å². The van der Waals surface area contributed by atoms with Crippen LogP contribution in [0.2, 0.25) is 0 Å². The molecule has 0 aromatic rings. The van der Waals surface area contributed by atoms with E-state index in [2.05, 4.69) is 85.6 Å². The summed E-state index contributed by atoms with van der Waals surface area (Å²) >= 11 is 0. The van der Waals surface area contributed by atoms with E-state index in [0.29, 0.717) is 0 Å². The normalized spacial score (nSPS) is 16.7. The summed E-state index contributed by atoms with van der Waals surface area (Å²) in [6.45, 7) is 18.3. The first-order chi connectivity index (χ1) is 28.7. The summed E-state index contributed by atoms with van der Waals surface area (Å²) in [6.07, 6.45) is 53.8. The van der Waals surface area contributed by atoms with E-state index in [1.165, 1.54) is 217 Å². The molecule has 0 radical (unpaired) electrons. The Morgan fingerprint density at radius 2 is 0.712 bits per heavy atom. The van der Waals surface area contributed by atoms with Crippen molar-refractivity contribution < 1.29 is 26.7 Å². The lowest BCUT2D eigenvalue weighted by Crippen LogP contribution is -2.26. The van der Waals surface area contributed by atoms with Crippen LogP contribution in [0.4, 0.5) is 0 Å². The highest BCUT2D eigenvalue weighted by Gasteiger charge is 2.29. The molecule has 8 nitrogen and oxygen atoms in total. The van der Waals surface area contributed by atoms with Crippen molar-refractivity contribution >= 4 is 22.1 Å². The average molecular weight is 851 g/mol. The highest BCUT2D eigenvalue weighted by atomic mass is 32.3. The predicted molar refractivity (Wildman–Crippen MR) is 254 cm³/mol. The van der Waals surface area contributed by atoms with Gasteiger partial charge in [0.1, 0.15) is 25.2 Å². The van der Waals surface area contributed by atoms with Gasteiger partial charge >= 0.3 is 0 Å². The second-order valence-corrected chi connectivity index (χ2v) is 17.9. The number of rotatable bonds is 36. The van der Waals surface area contributed by atoms with E-state index in [4.69, 9.17) is 17.5 Å². The number of likely N-dealkylation sites (N-methyl/N-ethyl adjacent to an activating group) is 2. The minimum absolute atomic E-state index is 0.752. The third kappa shape index (κ3) is 35.6. The zero-order valence-corrected chi connectivity index (χ0v) is 40.7. The molecule has 0 bridgehead atoms. The first-order valence-corrected chi connectivity index (χ1v) is 26.7. The van der Waals surface area contributed by atoms with E-state index in [1.54, 1.807) is 0 Å². The number of unbranched alkanes of at least 4 members (excludes halogenated alkanes) is 24. The minimum atomic E-state index is -5.17. The molecule has 2 aliphatic rings. The summed E-state index contributed by atoms with van der Waals surface area (Å²) in [5, 5.41) is 7.20. The Kier molecular flexibility index (Phi) is 40.4. The fourth-order valence-corrected chi connectivity index (χ4v) is 8.66. The van der Waals surface area contributed by atoms with Gasteiger partial charge in [-0.2, -0.15) is 0 Å². The molecule has 9 heteroatoms. The molecule has 0 aromatic carbocycles. The fraction of sp³-hybridized carbons (Fsp3) is 0.880. The van der Waals surface area contributed by atoms with Crippen molar-refractivity contribution in [2.45, 2.75) is 259 Å². The molecule has 2 rings (SSSR count). The third-order valence-electron chi connectivity index (χ3n) is 12.1. The average Bonchev–Trinajstić information content (AvgIpc) is 3.82. The number of nitrogens with one attached hydrogen (secondary N) is 2. The Labute approximate surface area is 367 Å². The zero-order valence-electron chi connectivity index (χ0n) is 39.9. The van der Waals surface area contributed by atoms with Crippen LogP contribution in [0.3, 0.4) is 0 Å². The summed E-state index contributed by atoms with van der Waals surface area (Å²) in [5.74, 6) is 2.93. The first kappa shape index (κ1) is 57.3. The van der Waals surface area contributed by atoms with E-state index in [0.717, 1.165) is 38.0 Å². The van der Waals surface area contributed by atoms with Gasteiger partial charge in [0, 0.05) is 23.2 Å². The Balaban J connectivity index is 0.00000102. The van der Waals surface area contributed by atoms with Gasteiger partial charge in [-0.1, -0.05) is 168 Å². The van der Waals surface area contributed by atoms with E-state index in [1.807, 2.05) is 0 Å². The van der Waals surface area contributed by atoms with E-state index >= 15 is 0 Å². The molecule has 0 aliphatic carbocycles. The highest BCUT2D eigenvalue weighted by molar-refractivity contribution is 7.79. The summed E-state index contributed by atoms with van der Waals surface area (Å²) < 4.78 is 39.3. The van der Waals surface area contributed by atoms with Crippen LogP contribution in [0.15, 0.2) is 24.3 Å². The maximum Gasteiger partial charge on any atom is 0.244 e. The van der Waals surface area contributed by atoms with Crippen LogP contribution in [-0.2, 0) is 10.4 Å². The minimum Gasteiger partial charge on any atom is -0.759 e. The molecule has 0 spiro atoms. The number of amidine groups is 2. The lowest BCUT2D eigenvalue weighted by Gasteiger charge is -2.10. The molecule has 2 unspecified atom stereocenters. The Morgan fingerprint density at radius 3 is 0.966 bits per heavy atom. The second-order valence-electron chi connectivity index (χ2n) is 17.1. The van der Waals surface area contributed by atoms with Crippen molar-refractivity contribution in [1.82, 2.24) is 10.6 Å². The van der Waals surface area contributed by atoms with Gasteiger partial charge in [-0.25, -0.2) is 0 Å². The van der Waals surface area contributed by atoms with Gasteiger partial charge in [0.05, 0.1) is 13.1 Å². The molecule has 348 valence electrons. The van der Waals surface area contributed by atoms with Crippen LogP contribution in [0.5, 0.6) is 0 Å². The molecular weight excluding hydrogens is 753 g/mol. The Morgan fingerprint density at radius 1 is 0.458 bits per heavy atom. The van der Waals surface area contributed by atoms with Gasteiger partial charge in [0.15, 0.2) is 0 Å². The summed E-state index contributed by atoms with van der Waals surface area (Å²) in [6, 6.07) is 1.50. The smallest absolute Gasteiger partial charge is 0.244 e. The van der Waals surface area contributed by atoms with Crippen molar-refractivity contribution in [3.63, 3.8) is 0 Å². The summed E-state index contributed by atoms with van der Waals surface area (Å²) in [7, 11) is -5.17. The lowest BCUT2D eigenvalue weighted by molar-refractivity contribution is -0.554. The summed E-state index contributed by atoms with van der Waals surface area (Å²) in [5.41, 5.74) is 0.